The Morgan fingerprint density at radius 2 is 1.92 bits per heavy atom. The van der Waals surface area contributed by atoms with Gasteiger partial charge in [0.2, 0.25) is 0 Å². The molecule has 0 heterocycles. The summed E-state index contributed by atoms with van der Waals surface area (Å²) in [6.07, 6.45) is 0.856. The molecule has 0 aliphatic heterocycles. The molecule has 0 aromatic heterocycles. The van der Waals surface area contributed by atoms with Gasteiger partial charge in [0.05, 0.1) is 12.3 Å². The molecule has 0 bridgehead atoms. The predicted molar refractivity (Wildman–Crippen MR) is 39.4 cm³/mol. The van der Waals surface area contributed by atoms with E-state index in [1.165, 1.54) is 0 Å². The van der Waals surface area contributed by atoms with Gasteiger partial charge in [-0.1, -0.05) is 13.3 Å². The molecule has 0 fully saturated rings. The van der Waals surface area contributed by atoms with E-state index in [9.17, 15) is 9.59 Å². The van der Waals surface area contributed by atoms with E-state index < -0.39 is 17.9 Å². The zero-order valence-electron chi connectivity index (χ0n) is 8.41. The zero-order chi connectivity index (χ0) is 8.85. The number of aliphatic carboxylic acids is 2. The Kier molecular flexibility index (Phi) is 9.14. The normalized spacial score (nSPS) is 11.4. The van der Waals surface area contributed by atoms with Crippen molar-refractivity contribution in [2.24, 2.45) is 5.92 Å². The van der Waals surface area contributed by atoms with Gasteiger partial charge in [0.15, 0.2) is 0 Å². The van der Waals surface area contributed by atoms with Crippen LogP contribution in [-0.2, 0) is 9.59 Å². The van der Waals surface area contributed by atoms with Crippen molar-refractivity contribution in [1.29, 1.82) is 0 Å². The second-order valence-electron chi connectivity index (χ2n) is 2.42. The van der Waals surface area contributed by atoms with Gasteiger partial charge in [-0.2, -0.15) is 0 Å². The maximum atomic E-state index is 10.4. The smallest absolute Gasteiger partial charge is 1.00 e. The van der Waals surface area contributed by atoms with Crippen molar-refractivity contribution in [3.05, 3.63) is 0 Å². The minimum Gasteiger partial charge on any atom is -1.00 e. The van der Waals surface area contributed by atoms with E-state index in [2.05, 4.69) is 0 Å². The van der Waals surface area contributed by atoms with Crippen molar-refractivity contribution in [3.63, 3.8) is 0 Å². The first-order valence-corrected chi connectivity index (χ1v) is 3.52. The fourth-order valence-corrected chi connectivity index (χ4v) is 0.872. The Bertz CT molecular complexity index is 163. The summed E-state index contributed by atoms with van der Waals surface area (Å²) in [5.74, 6) is -2.79. The van der Waals surface area contributed by atoms with E-state index in [1.54, 1.807) is 0 Å². The second-order valence-corrected chi connectivity index (χ2v) is 2.42. The largest absolute Gasteiger partial charge is 1.00 e. The molecule has 1 atom stereocenters. The third-order valence-corrected chi connectivity index (χ3v) is 1.41. The standard InChI is InChI=1S/C7H12O4.Na.H/c1-2-3-5(7(10)11)4-6(8)9;;/h5H,2-4H2,1H3,(H,8,9)(H,10,11);;/q;+1;-1. The zero-order valence-corrected chi connectivity index (χ0v) is 9.41. The Morgan fingerprint density at radius 3 is 2.17 bits per heavy atom. The molecule has 1 unspecified atom stereocenters. The molecule has 0 radical (unpaired) electrons. The molecule has 0 spiro atoms. The van der Waals surface area contributed by atoms with Crippen molar-refractivity contribution in [1.82, 2.24) is 0 Å². The monoisotopic (exact) mass is 184 g/mol. The molecule has 5 heteroatoms. The van der Waals surface area contributed by atoms with Gasteiger partial charge in [-0.15, -0.1) is 0 Å². The van der Waals surface area contributed by atoms with Gasteiger partial charge in [-0.05, 0) is 6.42 Å². The SMILES string of the molecule is CCCC(CC(=O)O)C(=O)O.[H-].[Na+]. The van der Waals surface area contributed by atoms with Crippen LogP contribution >= 0.6 is 0 Å². The molecular weight excluding hydrogens is 171 g/mol. The molecule has 0 amide bonds. The molecule has 0 rings (SSSR count). The molecule has 0 saturated carbocycles. The van der Waals surface area contributed by atoms with Gasteiger partial charge < -0.3 is 11.6 Å². The quantitative estimate of drug-likeness (QED) is 0.488. The summed E-state index contributed by atoms with van der Waals surface area (Å²) < 4.78 is 0. The average molecular weight is 184 g/mol. The fraction of sp³-hybridized carbons (Fsp3) is 0.714. The van der Waals surface area contributed by atoms with Crippen LogP contribution in [0.15, 0.2) is 0 Å². The topological polar surface area (TPSA) is 74.6 Å². The first-order valence-electron chi connectivity index (χ1n) is 3.52. The van der Waals surface area contributed by atoms with Gasteiger partial charge in [0.1, 0.15) is 0 Å². The number of rotatable bonds is 5. The molecule has 0 aromatic rings. The number of carbonyl (C=O) groups is 2. The van der Waals surface area contributed by atoms with Crippen LogP contribution in [0.1, 0.15) is 27.6 Å². The predicted octanol–water partition coefficient (Wildman–Crippen LogP) is -1.92. The summed E-state index contributed by atoms with van der Waals surface area (Å²) in [5.41, 5.74) is 0. The summed E-state index contributed by atoms with van der Waals surface area (Å²) in [6.45, 7) is 1.83. The summed E-state index contributed by atoms with van der Waals surface area (Å²) in [5, 5.41) is 16.8. The van der Waals surface area contributed by atoms with Gasteiger partial charge in [-0.3, -0.25) is 9.59 Å². The Labute approximate surface area is 94.7 Å². The van der Waals surface area contributed by atoms with Crippen LogP contribution in [-0.4, -0.2) is 22.2 Å². The third kappa shape index (κ3) is 6.64. The maximum absolute atomic E-state index is 10.4. The van der Waals surface area contributed by atoms with Gasteiger partial charge in [0.25, 0.3) is 0 Å². The minimum absolute atomic E-state index is 0. The Morgan fingerprint density at radius 1 is 1.42 bits per heavy atom. The average Bonchev–Trinajstić information content (AvgIpc) is 1.86. The molecule has 66 valence electrons. The van der Waals surface area contributed by atoms with Crippen LogP contribution in [0.2, 0.25) is 0 Å². The van der Waals surface area contributed by atoms with Crippen molar-refractivity contribution >= 4 is 11.9 Å². The van der Waals surface area contributed by atoms with Crippen LogP contribution < -0.4 is 29.6 Å². The van der Waals surface area contributed by atoms with Crippen LogP contribution in [0.3, 0.4) is 0 Å². The molecule has 12 heavy (non-hydrogen) atoms. The van der Waals surface area contributed by atoms with E-state index in [1.807, 2.05) is 6.92 Å². The number of carboxylic acids is 2. The van der Waals surface area contributed by atoms with E-state index >= 15 is 0 Å². The van der Waals surface area contributed by atoms with E-state index in [-0.39, 0.29) is 37.4 Å². The molecule has 0 aromatic carbocycles. The number of carboxylic acid groups (broad SMARTS) is 2. The van der Waals surface area contributed by atoms with Crippen molar-refractivity contribution in [2.75, 3.05) is 0 Å². The summed E-state index contributed by atoms with van der Waals surface area (Å²) >= 11 is 0. The third-order valence-electron chi connectivity index (χ3n) is 1.41. The maximum Gasteiger partial charge on any atom is 1.00 e. The molecule has 4 nitrogen and oxygen atoms in total. The van der Waals surface area contributed by atoms with Gasteiger partial charge in [-0.25, -0.2) is 0 Å². The molecular formula is C7H13NaO4. The minimum atomic E-state index is -1.05. The number of hydrogen-bond acceptors (Lipinski definition) is 2. The van der Waals surface area contributed by atoms with Crippen molar-refractivity contribution < 1.29 is 50.8 Å². The van der Waals surface area contributed by atoms with E-state index in [0.717, 1.165) is 0 Å². The molecule has 2 N–H and O–H groups in total. The van der Waals surface area contributed by atoms with Crippen LogP contribution in [0.5, 0.6) is 0 Å². The van der Waals surface area contributed by atoms with E-state index in [0.29, 0.717) is 12.8 Å². The van der Waals surface area contributed by atoms with Crippen molar-refractivity contribution in [2.45, 2.75) is 26.2 Å². The summed E-state index contributed by atoms with van der Waals surface area (Å²) in [7, 11) is 0. The van der Waals surface area contributed by atoms with Gasteiger partial charge >= 0.3 is 41.5 Å². The van der Waals surface area contributed by atoms with Crippen molar-refractivity contribution in [3.8, 4) is 0 Å². The molecule has 0 aliphatic carbocycles. The summed E-state index contributed by atoms with van der Waals surface area (Å²) in [4.78, 5) is 20.5. The molecule has 0 aliphatic rings. The molecule has 0 saturated heterocycles. The first kappa shape index (κ1) is 14.5. The van der Waals surface area contributed by atoms with Crippen LogP contribution in [0.25, 0.3) is 0 Å². The van der Waals surface area contributed by atoms with Crippen LogP contribution in [0, 0.1) is 5.92 Å². The number of hydrogen-bond donors (Lipinski definition) is 2. The Balaban J connectivity index is -0.000000500. The van der Waals surface area contributed by atoms with Crippen LogP contribution in [0.4, 0.5) is 0 Å². The fourth-order valence-electron chi connectivity index (χ4n) is 0.872. The van der Waals surface area contributed by atoms with E-state index in [4.69, 9.17) is 10.2 Å². The second kappa shape index (κ2) is 7.58. The van der Waals surface area contributed by atoms with Gasteiger partial charge in [0, 0.05) is 0 Å². The Hall–Kier alpha value is -0.0600. The first-order chi connectivity index (χ1) is 5.07. The summed E-state index contributed by atoms with van der Waals surface area (Å²) in [6, 6.07) is 0.